The number of hydrogen-bond acceptors (Lipinski definition) is 3. The van der Waals surface area contributed by atoms with Gasteiger partial charge < -0.3 is 0 Å². The van der Waals surface area contributed by atoms with Gasteiger partial charge in [0, 0.05) is 22.6 Å². The number of Topliss-reactive ketones (excluding diaryl/α,β-unsaturated/α-hetero) is 1. The molecule has 0 unspecified atom stereocenters. The first-order valence-corrected chi connectivity index (χ1v) is 6.06. The Morgan fingerprint density at radius 3 is 1.37 bits per heavy atom. The van der Waals surface area contributed by atoms with E-state index < -0.39 is 59.6 Å². The van der Waals surface area contributed by atoms with Crippen LogP contribution in [0.2, 0.25) is 0 Å². The Balaban J connectivity index is 5.92. The SMILES string of the molecule is O=C(C(F)(F)C(F)(F)I)C(F)(F)C(F)(F)S(=O)(=O)F. The minimum Gasteiger partial charge on any atom is -0.285 e. The first kappa shape index (κ1) is 18.7. The summed E-state index contributed by atoms with van der Waals surface area (Å²) in [5, 5.41) is -6.91. The van der Waals surface area contributed by atoms with E-state index in [1.54, 1.807) is 0 Å². The highest BCUT2D eigenvalue weighted by molar-refractivity contribution is 14.1. The second kappa shape index (κ2) is 4.63. The summed E-state index contributed by atoms with van der Waals surface area (Å²) in [6.07, 6.45) is 0. The molecular weight excluding hydrogens is 438 g/mol. The normalized spacial score (nSPS) is 15.5. The van der Waals surface area contributed by atoms with Crippen molar-refractivity contribution in [3.8, 4) is 0 Å². The van der Waals surface area contributed by atoms with Crippen LogP contribution in [0.3, 0.4) is 0 Å². The number of alkyl halides is 9. The summed E-state index contributed by atoms with van der Waals surface area (Å²) >= 11 is -0.502. The zero-order valence-electron chi connectivity index (χ0n) is 7.91. The summed E-state index contributed by atoms with van der Waals surface area (Å²) in [6.45, 7) is 0. The van der Waals surface area contributed by atoms with Gasteiger partial charge in [0.15, 0.2) is 0 Å². The van der Waals surface area contributed by atoms with Crippen LogP contribution >= 0.6 is 22.6 Å². The smallest absolute Gasteiger partial charge is 0.285 e. The topological polar surface area (TPSA) is 51.2 Å². The Labute approximate surface area is 112 Å². The monoisotopic (exact) mass is 438 g/mol. The van der Waals surface area contributed by atoms with Crippen molar-refractivity contribution >= 4 is 38.6 Å². The minimum absolute atomic E-state index is 0.502. The van der Waals surface area contributed by atoms with E-state index in [4.69, 9.17) is 0 Å². The number of hydrogen-bond donors (Lipinski definition) is 0. The first-order valence-electron chi connectivity index (χ1n) is 3.60. The van der Waals surface area contributed by atoms with Gasteiger partial charge in [0.2, 0.25) is 0 Å². The Hall–Kier alpha value is -0.280. The van der Waals surface area contributed by atoms with E-state index in [1.807, 2.05) is 0 Å². The second-order valence-corrected chi connectivity index (χ2v) is 5.67. The fourth-order valence-electron chi connectivity index (χ4n) is 0.611. The molecule has 0 rings (SSSR count). The van der Waals surface area contributed by atoms with E-state index in [1.165, 1.54) is 0 Å². The lowest BCUT2D eigenvalue weighted by atomic mass is 10.1. The molecule has 0 aliphatic carbocycles. The van der Waals surface area contributed by atoms with Gasteiger partial charge in [-0.3, -0.25) is 4.79 Å². The number of rotatable bonds is 5. The van der Waals surface area contributed by atoms with Crippen molar-refractivity contribution in [2.75, 3.05) is 0 Å². The van der Waals surface area contributed by atoms with Gasteiger partial charge in [-0.25, -0.2) is 0 Å². The maximum atomic E-state index is 12.6. The molecule has 0 spiro atoms. The third-order valence-corrected chi connectivity index (χ3v) is 3.14. The summed E-state index contributed by atoms with van der Waals surface area (Å²) in [5.41, 5.74) is 0. The lowest BCUT2D eigenvalue weighted by Crippen LogP contribution is -2.59. The number of ketones is 1. The molecule has 0 saturated carbocycles. The molecule has 14 heteroatoms. The van der Waals surface area contributed by atoms with Crippen molar-refractivity contribution in [1.82, 2.24) is 0 Å². The third-order valence-electron chi connectivity index (χ3n) is 1.60. The molecule has 0 atom stereocenters. The number of carbonyl (C=O) groups excluding carboxylic acids is 1. The lowest BCUT2D eigenvalue weighted by Gasteiger charge is -2.27. The Kier molecular flexibility index (Phi) is 4.56. The molecule has 0 aromatic heterocycles. The Morgan fingerprint density at radius 2 is 1.16 bits per heavy atom. The van der Waals surface area contributed by atoms with Gasteiger partial charge in [0.05, 0.1) is 0 Å². The molecule has 0 aliphatic rings. The summed E-state index contributed by atoms with van der Waals surface area (Å²) in [4.78, 5) is 10.3. The molecule has 0 radical (unpaired) electrons. The van der Waals surface area contributed by atoms with Crippen molar-refractivity contribution < 1.29 is 52.2 Å². The number of halogens is 10. The zero-order chi connectivity index (χ0) is 16.1. The van der Waals surface area contributed by atoms with E-state index in [0.29, 0.717) is 0 Å². The molecule has 0 amide bonds. The molecule has 0 aromatic rings. The number of carbonyl (C=O) groups is 1. The van der Waals surface area contributed by atoms with Crippen LogP contribution in [0.15, 0.2) is 0 Å². The zero-order valence-corrected chi connectivity index (χ0v) is 10.9. The molecule has 0 N–H and O–H groups in total. The van der Waals surface area contributed by atoms with E-state index in [9.17, 15) is 52.2 Å². The highest BCUT2D eigenvalue weighted by Gasteiger charge is 2.78. The third kappa shape index (κ3) is 2.92. The molecule has 0 fully saturated rings. The maximum absolute atomic E-state index is 12.6. The molecular formula is C5F9IO3S. The average Bonchev–Trinajstić information content (AvgIpc) is 2.12. The molecule has 0 saturated heterocycles. The van der Waals surface area contributed by atoms with Crippen LogP contribution < -0.4 is 0 Å². The second-order valence-electron chi connectivity index (χ2n) is 2.93. The van der Waals surface area contributed by atoms with Crippen LogP contribution in [0, 0.1) is 0 Å². The summed E-state index contributed by atoms with van der Waals surface area (Å²) in [5.74, 6) is -17.7. The van der Waals surface area contributed by atoms with Crippen LogP contribution in [0.5, 0.6) is 0 Å². The lowest BCUT2D eigenvalue weighted by molar-refractivity contribution is -0.218. The molecule has 114 valence electrons. The molecule has 19 heavy (non-hydrogen) atoms. The van der Waals surface area contributed by atoms with Gasteiger partial charge in [0.25, 0.3) is 5.78 Å². The largest absolute Gasteiger partial charge is 0.444 e. The van der Waals surface area contributed by atoms with Gasteiger partial charge in [-0.2, -0.15) is 43.5 Å². The van der Waals surface area contributed by atoms with Gasteiger partial charge in [-0.05, 0) is 0 Å². The molecule has 0 aromatic carbocycles. The molecule has 0 aliphatic heterocycles. The van der Waals surface area contributed by atoms with Crippen LogP contribution in [0.1, 0.15) is 0 Å². The Morgan fingerprint density at radius 1 is 0.842 bits per heavy atom. The molecule has 0 bridgehead atoms. The van der Waals surface area contributed by atoms with E-state index in [-0.39, 0.29) is 0 Å². The predicted molar refractivity (Wildman–Crippen MR) is 48.8 cm³/mol. The van der Waals surface area contributed by atoms with Gasteiger partial charge in [0.1, 0.15) is 0 Å². The predicted octanol–water partition coefficient (Wildman–Crippen LogP) is 2.75. The highest BCUT2D eigenvalue weighted by atomic mass is 127. The highest BCUT2D eigenvalue weighted by Crippen LogP contribution is 2.49. The van der Waals surface area contributed by atoms with Crippen LogP contribution in [-0.4, -0.2) is 35.2 Å². The quantitative estimate of drug-likeness (QED) is 0.287. The van der Waals surface area contributed by atoms with Crippen LogP contribution in [0.25, 0.3) is 0 Å². The van der Waals surface area contributed by atoms with E-state index >= 15 is 0 Å². The molecule has 3 nitrogen and oxygen atoms in total. The van der Waals surface area contributed by atoms with Crippen LogP contribution in [-0.2, 0) is 15.0 Å². The summed E-state index contributed by atoms with van der Waals surface area (Å²) in [6, 6.07) is 0. The molecule has 0 heterocycles. The van der Waals surface area contributed by atoms with Crippen molar-refractivity contribution in [3.05, 3.63) is 0 Å². The van der Waals surface area contributed by atoms with E-state index in [0.717, 1.165) is 0 Å². The average molecular weight is 438 g/mol. The summed E-state index contributed by atoms with van der Waals surface area (Å²) < 4.78 is 125. The van der Waals surface area contributed by atoms with Crippen LogP contribution in [0.4, 0.5) is 39.0 Å². The van der Waals surface area contributed by atoms with Gasteiger partial charge >= 0.3 is 31.3 Å². The fraction of sp³-hybridized carbons (Fsp3) is 0.800. The standard InChI is InChI=1S/C5F9IO3S/c6-2(7,4(10,11)15)1(16)3(8,9)5(12,13)19(14,17)18. The van der Waals surface area contributed by atoms with Gasteiger partial charge in [-0.15, -0.1) is 0 Å². The Bertz CT molecular complexity index is 479. The maximum Gasteiger partial charge on any atom is 0.444 e. The summed E-state index contributed by atoms with van der Waals surface area (Å²) in [7, 11) is -7.50. The van der Waals surface area contributed by atoms with Crippen molar-refractivity contribution in [2.24, 2.45) is 0 Å². The first-order chi connectivity index (χ1) is 7.90. The van der Waals surface area contributed by atoms with Crippen molar-refractivity contribution in [3.63, 3.8) is 0 Å². The fourth-order valence-corrected chi connectivity index (χ4v) is 1.26. The van der Waals surface area contributed by atoms with E-state index in [2.05, 4.69) is 0 Å². The van der Waals surface area contributed by atoms with Crippen molar-refractivity contribution in [1.29, 1.82) is 0 Å². The minimum atomic E-state index is -7.50. The van der Waals surface area contributed by atoms with Crippen molar-refractivity contribution in [2.45, 2.75) is 21.0 Å². The van der Waals surface area contributed by atoms with Gasteiger partial charge in [-0.1, -0.05) is 3.89 Å².